The molecule has 1 aromatic rings. The molecular weight excluding hydrogens is 250 g/mol. The minimum Gasteiger partial charge on any atom is -0.339 e. The minimum absolute atomic E-state index is 0.248. The molecular formula is C16H27N3O. The highest BCUT2D eigenvalue weighted by atomic mass is 16.5. The van der Waals surface area contributed by atoms with E-state index in [0.717, 1.165) is 24.7 Å². The summed E-state index contributed by atoms with van der Waals surface area (Å²) in [5, 5.41) is 4.24. The first-order valence-electron chi connectivity index (χ1n) is 8.05. The van der Waals surface area contributed by atoms with Crippen molar-refractivity contribution in [2.45, 2.75) is 71.1 Å². The lowest BCUT2D eigenvalue weighted by atomic mass is 9.67. The first-order chi connectivity index (χ1) is 9.52. The first-order valence-corrected chi connectivity index (χ1v) is 8.05. The quantitative estimate of drug-likeness (QED) is 0.915. The summed E-state index contributed by atoms with van der Waals surface area (Å²) in [6, 6.07) is 0. The summed E-state index contributed by atoms with van der Waals surface area (Å²) in [6.45, 7) is 5.45. The van der Waals surface area contributed by atoms with Gasteiger partial charge >= 0.3 is 0 Å². The Balaban J connectivity index is 1.62. The van der Waals surface area contributed by atoms with Crippen molar-refractivity contribution in [3.63, 3.8) is 0 Å². The number of hydrogen-bond acceptors (Lipinski definition) is 4. The Morgan fingerprint density at radius 3 is 2.45 bits per heavy atom. The lowest BCUT2D eigenvalue weighted by Crippen LogP contribution is -2.39. The molecule has 0 aliphatic heterocycles. The zero-order chi connectivity index (χ0) is 14.2. The molecule has 2 fully saturated rings. The van der Waals surface area contributed by atoms with Crippen molar-refractivity contribution in [3.05, 3.63) is 11.7 Å². The summed E-state index contributed by atoms with van der Waals surface area (Å²) < 4.78 is 5.49. The van der Waals surface area contributed by atoms with E-state index in [9.17, 15) is 0 Å². The summed E-state index contributed by atoms with van der Waals surface area (Å²) in [4.78, 5) is 4.66. The van der Waals surface area contributed by atoms with Gasteiger partial charge in [0, 0.05) is 12.3 Å². The molecule has 112 valence electrons. The number of hydrogen-bond donors (Lipinski definition) is 1. The van der Waals surface area contributed by atoms with Crippen LogP contribution in [0.5, 0.6) is 0 Å². The number of aromatic nitrogens is 2. The standard InChI is InChI=1S/C16H27N3O/c1-15(2)8-4-12(5-9-15)14-18-13(20-19-14)10-16(11-17)6-3-7-16/h12H,3-11,17H2,1-2H3. The molecule has 0 bridgehead atoms. The third-order valence-corrected chi connectivity index (χ3v) is 5.56. The summed E-state index contributed by atoms with van der Waals surface area (Å²) >= 11 is 0. The molecule has 1 heterocycles. The van der Waals surface area contributed by atoms with E-state index in [1.165, 1.54) is 44.9 Å². The summed E-state index contributed by atoms with van der Waals surface area (Å²) in [6.07, 6.45) is 9.47. The van der Waals surface area contributed by atoms with E-state index in [2.05, 4.69) is 24.0 Å². The maximum Gasteiger partial charge on any atom is 0.227 e. The van der Waals surface area contributed by atoms with Gasteiger partial charge in [0.15, 0.2) is 5.82 Å². The Hall–Kier alpha value is -0.900. The fraction of sp³-hybridized carbons (Fsp3) is 0.875. The van der Waals surface area contributed by atoms with Crippen LogP contribution in [0.1, 0.15) is 76.4 Å². The Morgan fingerprint density at radius 1 is 1.20 bits per heavy atom. The second kappa shape index (κ2) is 5.14. The molecule has 3 rings (SSSR count). The first kappa shape index (κ1) is 14.1. The van der Waals surface area contributed by atoms with Crippen molar-refractivity contribution >= 4 is 0 Å². The van der Waals surface area contributed by atoms with Crippen molar-refractivity contribution in [3.8, 4) is 0 Å². The Kier molecular flexibility index (Phi) is 3.61. The van der Waals surface area contributed by atoms with Gasteiger partial charge in [0.2, 0.25) is 5.89 Å². The van der Waals surface area contributed by atoms with E-state index in [-0.39, 0.29) is 5.41 Å². The molecule has 20 heavy (non-hydrogen) atoms. The smallest absolute Gasteiger partial charge is 0.227 e. The molecule has 4 heteroatoms. The van der Waals surface area contributed by atoms with Crippen molar-refractivity contribution in [2.75, 3.05) is 6.54 Å². The highest BCUT2D eigenvalue weighted by molar-refractivity contribution is 5.02. The molecule has 2 aliphatic rings. The third-order valence-electron chi connectivity index (χ3n) is 5.56. The van der Waals surface area contributed by atoms with Gasteiger partial charge in [0.25, 0.3) is 0 Å². The molecule has 2 N–H and O–H groups in total. The van der Waals surface area contributed by atoms with Gasteiger partial charge in [-0.3, -0.25) is 0 Å². The molecule has 2 saturated carbocycles. The van der Waals surface area contributed by atoms with Gasteiger partial charge in [0.05, 0.1) is 0 Å². The lowest BCUT2D eigenvalue weighted by Gasteiger charge is -2.39. The number of nitrogens with zero attached hydrogens (tertiary/aromatic N) is 2. The predicted molar refractivity (Wildman–Crippen MR) is 78.3 cm³/mol. The normalized spacial score (nSPS) is 25.4. The Morgan fingerprint density at radius 2 is 1.90 bits per heavy atom. The Bertz CT molecular complexity index is 447. The van der Waals surface area contributed by atoms with Crippen LogP contribution in [0.4, 0.5) is 0 Å². The van der Waals surface area contributed by atoms with Crippen LogP contribution in [-0.4, -0.2) is 16.7 Å². The maximum atomic E-state index is 5.91. The fourth-order valence-electron chi connectivity index (χ4n) is 3.61. The fourth-order valence-corrected chi connectivity index (χ4v) is 3.61. The SMILES string of the molecule is CC1(C)CCC(c2noc(CC3(CN)CCC3)n2)CC1. The second-order valence-corrected chi connectivity index (χ2v) is 7.72. The van der Waals surface area contributed by atoms with Gasteiger partial charge in [-0.25, -0.2) is 0 Å². The highest BCUT2D eigenvalue weighted by Crippen LogP contribution is 2.44. The average Bonchev–Trinajstić information content (AvgIpc) is 2.82. The molecule has 2 aliphatic carbocycles. The van der Waals surface area contributed by atoms with Gasteiger partial charge in [-0.2, -0.15) is 4.98 Å². The Labute approximate surface area is 121 Å². The van der Waals surface area contributed by atoms with Crippen molar-refractivity contribution < 1.29 is 4.52 Å². The maximum absolute atomic E-state index is 5.91. The van der Waals surface area contributed by atoms with Crippen molar-refractivity contribution in [1.82, 2.24) is 10.1 Å². The number of rotatable bonds is 4. The second-order valence-electron chi connectivity index (χ2n) is 7.72. The molecule has 0 spiro atoms. The van der Waals surface area contributed by atoms with Crippen LogP contribution < -0.4 is 5.73 Å². The molecule has 0 aromatic carbocycles. The van der Waals surface area contributed by atoms with E-state index in [1.54, 1.807) is 0 Å². The lowest BCUT2D eigenvalue weighted by molar-refractivity contribution is 0.129. The summed E-state index contributed by atoms with van der Waals surface area (Å²) in [7, 11) is 0. The topological polar surface area (TPSA) is 64.9 Å². The highest BCUT2D eigenvalue weighted by Gasteiger charge is 2.38. The van der Waals surface area contributed by atoms with Crippen LogP contribution in [0.3, 0.4) is 0 Å². The van der Waals surface area contributed by atoms with Gasteiger partial charge in [-0.1, -0.05) is 25.4 Å². The minimum atomic E-state index is 0.248. The van der Waals surface area contributed by atoms with E-state index < -0.39 is 0 Å². The molecule has 0 amide bonds. The van der Waals surface area contributed by atoms with Crippen LogP contribution in [-0.2, 0) is 6.42 Å². The molecule has 1 aromatic heterocycles. The van der Waals surface area contributed by atoms with Crippen LogP contribution in [0.15, 0.2) is 4.52 Å². The van der Waals surface area contributed by atoms with Crippen LogP contribution in [0.2, 0.25) is 0 Å². The molecule has 0 atom stereocenters. The van der Waals surface area contributed by atoms with Crippen molar-refractivity contribution in [1.29, 1.82) is 0 Å². The zero-order valence-electron chi connectivity index (χ0n) is 12.8. The molecule has 0 radical (unpaired) electrons. The monoisotopic (exact) mass is 277 g/mol. The van der Waals surface area contributed by atoms with Gasteiger partial charge < -0.3 is 10.3 Å². The average molecular weight is 277 g/mol. The third kappa shape index (κ3) is 2.76. The van der Waals surface area contributed by atoms with Crippen molar-refractivity contribution in [2.24, 2.45) is 16.6 Å². The van der Waals surface area contributed by atoms with E-state index in [1.807, 2.05) is 0 Å². The van der Waals surface area contributed by atoms with Gasteiger partial charge in [0.1, 0.15) is 0 Å². The number of nitrogens with two attached hydrogens (primary N) is 1. The van der Waals surface area contributed by atoms with E-state index in [0.29, 0.717) is 11.3 Å². The summed E-state index contributed by atoms with van der Waals surface area (Å²) in [5.41, 5.74) is 6.64. The van der Waals surface area contributed by atoms with Crippen LogP contribution >= 0.6 is 0 Å². The zero-order valence-corrected chi connectivity index (χ0v) is 12.8. The van der Waals surface area contributed by atoms with E-state index >= 15 is 0 Å². The molecule has 0 unspecified atom stereocenters. The predicted octanol–water partition coefficient (Wildman–Crippen LogP) is 3.42. The molecule has 0 saturated heterocycles. The summed E-state index contributed by atoms with van der Waals surface area (Å²) in [5.74, 6) is 2.23. The van der Waals surface area contributed by atoms with Gasteiger partial charge in [-0.05, 0) is 55.9 Å². The van der Waals surface area contributed by atoms with Gasteiger partial charge in [-0.15, -0.1) is 0 Å². The largest absolute Gasteiger partial charge is 0.339 e. The van der Waals surface area contributed by atoms with Crippen LogP contribution in [0.25, 0.3) is 0 Å². The van der Waals surface area contributed by atoms with Crippen LogP contribution in [0, 0.1) is 10.8 Å². The molecule has 4 nitrogen and oxygen atoms in total. The van der Waals surface area contributed by atoms with E-state index in [4.69, 9.17) is 10.3 Å².